The fourth-order valence-electron chi connectivity index (χ4n) is 2.28. The molecule has 1 unspecified atom stereocenters. The predicted octanol–water partition coefficient (Wildman–Crippen LogP) is 0.384. The van der Waals surface area contributed by atoms with Gasteiger partial charge in [0.25, 0.3) is 0 Å². The van der Waals surface area contributed by atoms with Gasteiger partial charge in [-0.3, -0.25) is 4.79 Å². The molecule has 2 bridgehead atoms. The van der Waals surface area contributed by atoms with E-state index in [4.69, 9.17) is 0 Å². The summed E-state index contributed by atoms with van der Waals surface area (Å²) in [5, 5.41) is 0. The van der Waals surface area contributed by atoms with Gasteiger partial charge in [-0.15, -0.1) is 0 Å². The first kappa shape index (κ1) is 6.83. The molecule has 3 aliphatic carbocycles. The molecule has 3 fully saturated rings. The van der Waals surface area contributed by atoms with E-state index in [0.717, 1.165) is 19.1 Å². The first-order chi connectivity index (χ1) is 5.23. The topological polar surface area (TPSA) is 43.4 Å². The second-order valence-electron chi connectivity index (χ2n) is 3.52. The molecule has 0 N–H and O–H groups in total. The van der Waals surface area contributed by atoms with Crippen molar-refractivity contribution in [3.05, 3.63) is 0 Å². The Labute approximate surface area is 64.7 Å². The van der Waals surface area contributed by atoms with Gasteiger partial charge in [-0.25, -0.2) is 0 Å². The van der Waals surface area contributed by atoms with Crippen molar-refractivity contribution >= 4 is 12.3 Å². The minimum Gasteiger partial charge on any atom is -0.469 e. The summed E-state index contributed by atoms with van der Waals surface area (Å²) in [6, 6.07) is 0. The molecule has 11 heavy (non-hydrogen) atoms. The molecule has 0 saturated heterocycles. The number of carbonyl (C=O) groups is 2. The number of methoxy groups -OCH3 is 1. The van der Waals surface area contributed by atoms with Gasteiger partial charge in [0.1, 0.15) is 6.29 Å². The second-order valence-corrected chi connectivity index (χ2v) is 3.52. The summed E-state index contributed by atoms with van der Waals surface area (Å²) < 4.78 is 4.58. The van der Waals surface area contributed by atoms with Gasteiger partial charge in [0, 0.05) is 5.41 Å². The van der Waals surface area contributed by atoms with Crippen LogP contribution in [0.1, 0.15) is 12.8 Å². The van der Waals surface area contributed by atoms with Gasteiger partial charge in [0.15, 0.2) is 0 Å². The molecular formula is C8H10O3. The molecule has 0 radical (unpaired) electrons. The minimum absolute atomic E-state index is 0.106. The molecule has 3 rings (SSSR count). The van der Waals surface area contributed by atoms with Crippen molar-refractivity contribution in [3.63, 3.8) is 0 Å². The van der Waals surface area contributed by atoms with Crippen LogP contribution in [-0.2, 0) is 14.3 Å². The Morgan fingerprint density at radius 3 is 2.55 bits per heavy atom. The first-order valence-corrected chi connectivity index (χ1v) is 3.78. The van der Waals surface area contributed by atoms with E-state index in [1.807, 2.05) is 0 Å². The summed E-state index contributed by atoms with van der Waals surface area (Å²) >= 11 is 0. The number of rotatable bonds is 2. The van der Waals surface area contributed by atoms with Crippen LogP contribution < -0.4 is 0 Å². The number of esters is 1. The second kappa shape index (κ2) is 1.84. The van der Waals surface area contributed by atoms with Crippen molar-refractivity contribution in [2.75, 3.05) is 7.11 Å². The SMILES string of the molecule is COC(=O)C1C2CC1(C=O)C2. The molecule has 0 aromatic heterocycles. The molecule has 0 aromatic rings. The summed E-state index contributed by atoms with van der Waals surface area (Å²) in [6.45, 7) is 0. The van der Waals surface area contributed by atoms with Gasteiger partial charge in [0.05, 0.1) is 13.0 Å². The highest BCUT2D eigenvalue weighted by Gasteiger charge is 2.69. The maximum Gasteiger partial charge on any atom is 0.309 e. The van der Waals surface area contributed by atoms with Crippen LogP contribution in [0.2, 0.25) is 0 Å². The lowest BCUT2D eigenvalue weighted by Crippen LogP contribution is -2.65. The standard InChI is InChI=1S/C8H10O3/c1-11-7(10)6-5-2-8(6,3-5)4-9/h4-6H,2-3H2,1H3. The normalized spacial score (nSPS) is 45.2. The third-order valence-corrected chi connectivity index (χ3v) is 3.07. The minimum atomic E-state index is -0.308. The maximum atomic E-state index is 11.0. The lowest BCUT2D eigenvalue weighted by Gasteiger charge is -2.63. The molecule has 60 valence electrons. The monoisotopic (exact) mass is 154 g/mol. The highest BCUT2D eigenvalue weighted by molar-refractivity contribution is 5.84. The van der Waals surface area contributed by atoms with Crippen molar-refractivity contribution in [3.8, 4) is 0 Å². The molecule has 0 aromatic carbocycles. The van der Waals surface area contributed by atoms with E-state index in [9.17, 15) is 9.59 Å². The number of hydrogen-bond donors (Lipinski definition) is 0. The summed E-state index contributed by atoms with van der Waals surface area (Å²) in [7, 11) is 1.37. The van der Waals surface area contributed by atoms with Crippen LogP contribution in [-0.4, -0.2) is 19.4 Å². The highest BCUT2D eigenvalue weighted by Crippen LogP contribution is 2.67. The number of aldehydes is 1. The van der Waals surface area contributed by atoms with Gasteiger partial charge in [0.2, 0.25) is 0 Å². The molecule has 3 saturated carbocycles. The van der Waals surface area contributed by atoms with Crippen LogP contribution in [0.15, 0.2) is 0 Å². The number of hydrogen-bond acceptors (Lipinski definition) is 3. The van der Waals surface area contributed by atoms with E-state index in [1.165, 1.54) is 7.11 Å². The fourth-order valence-corrected chi connectivity index (χ4v) is 2.28. The van der Waals surface area contributed by atoms with Crippen molar-refractivity contribution in [1.82, 2.24) is 0 Å². The van der Waals surface area contributed by atoms with Crippen LogP contribution in [0.5, 0.6) is 0 Å². The van der Waals surface area contributed by atoms with E-state index in [2.05, 4.69) is 4.74 Å². The van der Waals surface area contributed by atoms with Gasteiger partial charge in [-0.05, 0) is 18.8 Å². The molecule has 3 aliphatic rings. The van der Waals surface area contributed by atoms with Gasteiger partial charge >= 0.3 is 5.97 Å². The summed E-state index contributed by atoms with van der Waals surface area (Å²) in [4.78, 5) is 21.6. The molecule has 0 amide bonds. The predicted molar refractivity (Wildman–Crippen MR) is 36.7 cm³/mol. The van der Waals surface area contributed by atoms with Crippen LogP contribution in [0, 0.1) is 17.3 Å². The largest absolute Gasteiger partial charge is 0.469 e. The van der Waals surface area contributed by atoms with Crippen molar-refractivity contribution in [2.45, 2.75) is 12.8 Å². The Morgan fingerprint density at radius 1 is 1.64 bits per heavy atom. The third-order valence-electron chi connectivity index (χ3n) is 3.07. The van der Waals surface area contributed by atoms with Gasteiger partial charge in [-0.1, -0.05) is 0 Å². The Morgan fingerprint density at radius 2 is 2.27 bits per heavy atom. The van der Waals surface area contributed by atoms with Gasteiger partial charge < -0.3 is 9.53 Å². The molecule has 0 spiro atoms. The molecule has 0 aliphatic heterocycles. The Hall–Kier alpha value is -0.860. The summed E-state index contributed by atoms with van der Waals surface area (Å²) in [6.07, 6.45) is 2.72. The smallest absolute Gasteiger partial charge is 0.309 e. The Balaban J connectivity index is 2.09. The zero-order chi connectivity index (χ0) is 8.06. The fraction of sp³-hybridized carbons (Fsp3) is 0.750. The van der Waals surface area contributed by atoms with Crippen LogP contribution >= 0.6 is 0 Å². The molecular weight excluding hydrogens is 144 g/mol. The van der Waals surface area contributed by atoms with E-state index < -0.39 is 0 Å². The Bertz CT molecular complexity index is 215. The van der Waals surface area contributed by atoms with E-state index >= 15 is 0 Å². The molecule has 3 nitrogen and oxygen atoms in total. The van der Waals surface area contributed by atoms with Crippen molar-refractivity contribution in [1.29, 1.82) is 0 Å². The van der Waals surface area contributed by atoms with E-state index in [0.29, 0.717) is 5.92 Å². The van der Waals surface area contributed by atoms with Gasteiger partial charge in [-0.2, -0.15) is 0 Å². The third kappa shape index (κ3) is 0.588. The first-order valence-electron chi connectivity index (χ1n) is 3.78. The zero-order valence-electron chi connectivity index (χ0n) is 6.37. The maximum absolute atomic E-state index is 11.0. The van der Waals surface area contributed by atoms with Crippen LogP contribution in [0.4, 0.5) is 0 Å². The number of carbonyl (C=O) groups excluding carboxylic acids is 2. The average molecular weight is 154 g/mol. The average Bonchev–Trinajstić information content (AvgIpc) is 1.84. The molecule has 1 atom stereocenters. The van der Waals surface area contributed by atoms with Crippen molar-refractivity contribution in [2.24, 2.45) is 17.3 Å². The van der Waals surface area contributed by atoms with Crippen molar-refractivity contribution < 1.29 is 14.3 Å². The quantitative estimate of drug-likeness (QED) is 0.426. The summed E-state index contributed by atoms with van der Waals surface area (Å²) in [5.41, 5.74) is -0.308. The molecule has 3 heteroatoms. The lowest BCUT2D eigenvalue weighted by atomic mass is 9.38. The van der Waals surface area contributed by atoms with E-state index in [1.54, 1.807) is 0 Å². The Kier molecular flexibility index (Phi) is 1.14. The number of ether oxygens (including phenoxy) is 1. The zero-order valence-corrected chi connectivity index (χ0v) is 6.37. The molecule has 0 heterocycles. The summed E-state index contributed by atoms with van der Waals surface area (Å²) in [5.74, 6) is 0.122. The van der Waals surface area contributed by atoms with Crippen LogP contribution in [0.3, 0.4) is 0 Å². The lowest BCUT2D eigenvalue weighted by molar-refractivity contribution is -0.205. The highest BCUT2D eigenvalue weighted by atomic mass is 16.5. The van der Waals surface area contributed by atoms with Crippen LogP contribution in [0.25, 0.3) is 0 Å². The van der Waals surface area contributed by atoms with E-state index in [-0.39, 0.29) is 17.3 Å².